The van der Waals surface area contributed by atoms with Gasteiger partial charge in [-0.25, -0.2) is 4.39 Å². The van der Waals surface area contributed by atoms with E-state index in [4.69, 9.17) is 4.74 Å². The molecule has 0 bridgehead atoms. The number of ketones is 1. The number of aryl methyl sites for hydroxylation is 1. The summed E-state index contributed by atoms with van der Waals surface area (Å²) in [4.78, 5) is 14.5. The first-order valence-corrected chi connectivity index (χ1v) is 4.91. The highest BCUT2D eigenvalue weighted by molar-refractivity contribution is 6.08. The van der Waals surface area contributed by atoms with E-state index in [9.17, 15) is 9.18 Å². The van der Waals surface area contributed by atoms with E-state index < -0.39 is 5.82 Å². The van der Waals surface area contributed by atoms with Crippen LogP contribution in [0.4, 0.5) is 4.39 Å². The minimum Gasteiger partial charge on any atom is -0.494 e. The summed E-state index contributed by atoms with van der Waals surface area (Å²) >= 11 is 0. The Morgan fingerprint density at radius 3 is 2.69 bits per heavy atom. The first-order valence-electron chi connectivity index (χ1n) is 4.91. The molecule has 0 atom stereocenters. The van der Waals surface area contributed by atoms with Gasteiger partial charge in [0.25, 0.3) is 0 Å². The molecule has 1 aromatic carbocycles. The highest BCUT2D eigenvalue weighted by atomic mass is 19.1. The molecule has 1 aromatic heterocycles. The van der Waals surface area contributed by atoms with Crippen molar-refractivity contribution in [1.82, 2.24) is 4.98 Å². The third kappa shape index (κ3) is 1.46. The average Bonchev–Trinajstić information content (AvgIpc) is 2.51. The monoisotopic (exact) mass is 221 g/mol. The van der Waals surface area contributed by atoms with Gasteiger partial charge in [-0.15, -0.1) is 0 Å². The smallest absolute Gasteiger partial charge is 0.165 e. The molecule has 0 aliphatic carbocycles. The van der Waals surface area contributed by atoms with Gasteiger partial charge in [-0.05, 0) is 19.9 Å². The molecule has 0 saturated carbocycles. The Hall–Kier alpha value is -1.84. The summed E-state index contributed by atoms with van der Waals surface area (Å²) in [7, 11) is 1.41. The SMILES string of the molecule is COc1cc2[nH]c(C)c(C(C)=O)c2cc1F. The summed E-state index contributed by atoms with van der Waals surface area (Å²) in [6.45, 7) is 3.26. The van der Waals surface area contributed by atoms with E-state index in [1.165, 1.54) is 20.1 Å². The van der Waals surface area contributed by atoms with Gasteiger partial charge in [0.1, 0.15) is 0 Å². The fourth-order valence-corrected chi connectivity index (χ4v) is 1.94. The second-order valence-corrected chi connectivity index (χ2v) is 3.71. The van der Waals surface area contributed by atoms with Gasteiger partial charge < -0.3 is 9.72 Å². The Morgan fingerprint density at radius 1 is 1.44 bits per heavy atom. The van der Waals surface area contributed by atoms with Gasteiger partial charge in [0, 0.05) is 22.7 Å². The fourth-order valence-electron chi connectivity index (χ4n) is 1.94. The van der Waals surface area contributed by atoms with Crippen LogP contribution in [-0.4, -0.2) is 17.9 Å². The van der Waals surface area contributed by atoms with Crippen molar-refractivity contribution in [2.45, 2.75) is 13.8 Å². The Kier molecular flexibility index (Phi) is 2.42. The van der Waals surface area contributed by atoms with Crippen LogP contribution < -0.4 is 4.74 Å². The van der Waals surface area contributed by atoms with Gasteiger partial charge in [-0.3, -0.25) is 4.79 Å². The van der Waals surface area contributed by atoms with E-state index >= 15 is 0 Å². The molecule has 0 radical (unpaired) electrons. The summed E-state index contributed by atoms with van der Waals surface area (Å²) in [6.07, 6.45) is 0. The van der Waals surface area contributed by atoms with Crippen molar-refractivity contribution in [1.29, 1.82) is 0 Å². The maximum Gasteiger partial charge on any atom is 0.165 e. The third-order valence-corrected chi connectivity index (χ3v) is 2.61. The minimum absolute atomic E-state index is 0.0756. The van der Waals surface area contributed by atoms with E-state index in [1.54, 1.807) is 13.0 Å². The number of benzene rings is 1. The highest BCUT2D eigenvalue weighted by Crippen LogP contribution is 2.28. The lowest BCUT2D eigenvalue weighted by Gasteiger charge is -2.01. The van der Waals surface area contributed by atoms with Gasteiger partial charge >= 0.3 is 0 Å². The number of methoxy groups -OCH3 is 1. The summed E-state index contributed by atoms with van der Waals surface area (Å²) in [5.41, 5.74) is 1.99. The van der Waals surface area contributed by atoms with E-state index in [2.05, 4.69) is 4.98 Å². The number of H-pyrrole nitrogens is 1. The molecule has 2 rings (SSSR count). The number of aromatic amines is 1. The van der Waals surface area contributed by atoms with Crippen LogP contribution in [0.2, 0.25) is 0 Å². The molecule has 4 heteroatoms. The number of halogens is 1. The molecule has 0 spiro atoms. The van der Waals surface area contributed by atoms with E-state index in [0.717, 1.165) is 5.69 Å². The Morgan fingerprint density at radius 2 is 2.12 bits per heavy atom. The van der Waals surface area contributed by atoms with E-state index in [-0.39, 0.29) is 11.5 Å². The lowest BCUT2D eigenvalue weighted by Crippen LogP contribution is -1.93. The molecule has 2 aromatic rings. The van der Waals surface area contributed by atoms with Crippen LogP contribution in [0.15, 0.2) is 12.1 Å². The van der Waals surface area contributed by atoms with Gasteiger partial charge in [0.05, 0.1) is 12.6 Å². The normalized spacial score (nSPS) is 10.8. The maximum absolute atomic E-state index is 13.5. The summed E-state index contributed by atoms with van der Waals surface area (Å²) in [5.74, 6) is -0.367. The molecule has 0 aliphatic heterocycles. The molecule has 1 heterocycles. The minimum atomic E-state index is -0.462. The number of hydrogen-bond acceptors (Lipinski definition) is 2. The van der Waals surface area contributed by atoms with Crippen LogP contribution >= 0.6 is 0 Å². The van der Waals surface area contributed by atoms with Gasteiger partial charge in [-0.2, -0.15) is 0 Å². The number of carbonyl (C=O) groups is 1. The molecule has 16 heavy (non-hydrogen) atoms. The predicted octanol–water partition coefficient (Wildman–Crippen LogP) is 2.83. The zero-order valence-corrected chi connectivity index (χ0v) is 9.35. The quantitative estimate of drug-likeness (QED) is 0.792. The Labute approximate surface area is 92.2 Å². The van der Waals surface area contributed by atoms with Crippen molar-refractivity contribution >= 4 is 16.7 Å². The predicted molar refractivity (Wildman–Crippen MR) is 59.6 cm³/mol. The van der Waals surface area contributed by atoms with Crippen LogP contribution in [0.5, 0.6) is 5.75 Å². The van der Waals surface area contributed by atoms with Gasteiger partial charge in [0.15, 0.2) is 17.3 Å². The molecule has 0 unspecified atom stereocenters. The number of fused-ring (bicyclic) bond motifs is 1. The van der Waals surface area contributed by atoms with E-state index in [1.807, 2.05) is 0 Å². The number of carbonyl (C=O) groups excluding carboxylic acids is 1. The molecule has 84 valence electrons. The standard InChI is InChI=1S/C12H12FNO2/c1-6-12(7(2)15)8-4-9(13)11(16-3)5-10(8)14-6/h4-5,14H,1-3H3. The molecular weight excluding hydrogens is 209 g/mol. The summed E-state index contributed by atoms with van der Waals surface area (Å²) < 4.78 is 18.4. The fraction of sp³-hybridized carbons (Fsp3) is 0.250. The first-order chi connectivity index (χ1) is 7.54. The van der Waals surface area contributed by atoms with Crippen molar-refractivity contribution < 1.29 is 13.9 Å². The number of nitrogens with one attached hydrogen (secondary N) is 1. The van der Waals surface area contributed by atoms with Crippen LogP contribution in [0, 0.1) is 12.7 Å². The zero-order valence-electron chi connectivity index (χ0n) is 9.35. The Bertz CT molecular complexity index is 572. The second-order valence-electron chi connectivity index (χ2n) is 3.71. The average molecular weight is 221 g/mol. The van der Waals surface area contributed by atoms with Gasteiger partial charge in [-0.1, -0.05) is 0 Å². The maximum atomic E-state index is 13.5. The van der Waals surface area contributed by atoms with Crippen molar-refractivity contribution in [3.05, 3.63) is 29.2 Å². The number of aromatic nitrogens is 1. The van der Waals surface area contributed by atoms with Gasteiger partial charge in [0.2, 0.25) is 0 Å². The molecule has 3 nitrogen and oxygen atoms in total. The molecule has 0 aliphatic rings. The number of rotatable bonds is 2. The first kappa shape index (κ1) is 10.7. The van der Waals surface area contributed by atoms with Crippen LogP contribution in [0.25, 0.3) is 10.9 Å². The molecule has 0 saturated heterocycles. The number of ether oxygens (including phenoxy) is 1. The molecule has 0 fully saturated rings. The van der Waals surface area contributed by atoms with Crippen LogP contribution in [0.1, 0.15) is 23.0 Å². The zero-order chi connectivity index (χ0) is 11.9. The molecule has 0 amide bonds. The largest absolute Gasteiger partial charge is 0.494 e. The number of Topliss-reactive ketones (excluding diaryl/α,β-unsaturated/α-hetero) is 1. The lowest BCUT2D eigenvalue weighted by atomic mass is 10.1. The third-order valence-electron chi connectivity index (χ3n) is 2.61. The number of hydrogen-bond donors (Lipinski definition) is 1. The van der Waals surface area contributed by atoms with Crippen LogP contribution in [-0.2, 0) is 0 Å². The highest BCUT2D eigenvalue weighted by Gasteiger charge is 2.15. The topological polar surface area (TPSA) is 42.1 Å². The molecule has 1 N–H and O–H groups in total. The van der Waals surface area contributed by atoms with Crippen molar-refractivity contribution in [3.63, 3.8) is 0 Å². The summed E-state index contributed by atoms with van der Waals surface area (Å²) in [6, 6.07) is 2.89. The van der Waals surface area contributed by atoms with Crippen LogP contribution in [0.3, 0.4) is 0 Å². The molecular formula is C12H12FNO2. The Balaban J connectivity index is 2.81. The summed E-state index contributed by atoms with van der Waals surface area (Å²) in [5, 5.41) is 0.600. The van der Waals surface area contributed by atoms with E-state index in [0.29, 0.717) is 16.5 Å². The second kappa shape index (κ2) is 3.63. The van der Waals surface area contributed by atoms with Crippen molar-refractivity contribution in [2.24, 2.45) is 0 Å². The van der Waals surface area contributed by atoms with Crippen molar-refractivity contribution in [3.8, 4) is 5.75 Å². The van der Waals surface area contributed by atoms with Crippen molar-refractivity contribution in [2.75, 3.05) is 7.11 Å². The lowest BCUT2D eigenvalue weighted by molar-refractivity contribution is 0.101.